The van der Waals surface area contributed by atoms with E-state index in [0.717, 1.165) is 11.1 Å². The largest absolute Gasteiger partial charge is 0.429 e. The molecule has 128 valence electrons. The quantitative estimate of drug-likeness (QED) is 0.389. The molecule has 3 aromatic rings. The second-order valence-electron chi connectivity index (χ2n) is 5.57. The van der Waals surface area contributed by atoms with Gasteiger partial charge in [0.15, 0.2) is 17.2 Å². The van der Waals surface area contributed by atoms with Crippen LogP contribution in [0, 0.1) is 13.8 Å². The Bertz CT molecular complexity index is 792. The number of hydrogen-bond acceptors (Lipinski definition) is 4. The van der Waals surface area contributed by atoms with Crippen LogP contribution in [-0.2, 0) is 12.2 Å². The van der Waals surface area contributed by atoms with Crippen LogP contribution in [0.4, 0.5) is 0 Å². The van der Waals surface area contributed by atoms with Gasteiger partial charge in [-0.05, 0) is 49.2 Å². The third-order valence-electron chi connectivity index (χ3n) is 3.57. The van der Waals surface area contributed by atoms with E-state index in [0.29, 0.717) is 17.2 Å². The van der Waals surface area contributed by atoms with Gasteiger partial charge in [-0.1, -0.05) is 54.6 Å². The normalized spacial score (nSPS) is 11.0. The molecule has 0 atom stereocenters. The highest BCUT2D eigenvalue weighted by atomic mass is 32.7. The zero-order valence-electron chi connectivity index (χ0n) is 14.1. The summed E-state index contributed by atoms with van der Waals surface area (Å²) in [7, 11) is -3.11. The minimum atomic E-state index is -3.11. The molecule has 0 N–H and O–H groups in total. The summed E-state index contributed by atoms with van der Waals surface area (Å²) < 4.78 is 18.2. The maximum atomic E-state index is 6.08. The first kappa shape index (κ1) is 17.7. The molecule has 0 fully saturated rings. The maximum absolute atomic E-state index is 6.08. The van der Waals surface area contributed by atoms with Gasteiger partial charge in [0.25, 0.3) is 0 Å². The Hall–Kier alpha value is -2.16. The van der Waals surface area contributed by atoms with Crippen LogP contribution in [0.3, 0.4) is 0 Å². The average Bonchev–Trinajstić information content (AvgIpc) is 2.60. The van der Waals surface area contributed by atoms with Crippen molar-refractivity contribution in [3.05, 3.63) is 90.0 Å². The molecule has 0 heterocycles. The summed E-state index contributed by atoms with van der Waals surface area (Å²) in [6.07, 6.45) is 0. The van der Waals surface area contributed by atoms with Gasteiger partial charge in [-0.2, -0.15) is 0 Å². The highest BCUT2D eigenvalue weighted by molar-refractivity contribution is 8.36. The van der Waals surface area contributed by atoms with Crippen LogP contribution in [0.2, 0.25) is 0 Å². The van der Waals surface area contributed by atoms with Crippen LogP contribution in [0.25, 0.3) is 0 Å². The van der Waals surface area contributed by atoms with Crippen molar-refractivity contribution in [2.75, 3.05) is 0 Å². The monoisotopic (exact) mass is 370 g/mol. The summed E-state index contributed by atoms with van der Waals surface area (Å²) in [5.74, 6) is 1.94. The molecular weight excluding hydrogens is 351 g/mol. The number of benzene rings is 3. The van der Waals surface area contributed by atoms with E-state index >= 15 is 0 Å². The van der Waals surface area contributed by atoms with Crippen molar-refractivity contribution in [2.24, 2.45) is 0 Å². The Labute approximate surface area is 154 Å². The van der Waals surface area contributed by atoms with Gasteiger partial charge in [-0.15, -0.1) is 0 Å². The van der Waals surface area contributed by atoms with E-state index < -0.39 is 7.15 Å². The summed E-state index contributed by atoms with van der Waals surface area (Å²) in [6.45, 7) is 3.93. The molecule has 0 bridgehead atoms. The molecule has 3 aromatic carbocycles. The Morgan fingerprint density at radius 3 is 1.52 bits per heavy atom. The fourth-order valence-corrected chi connectivity index (χ4v) is 4.35. The van der Waals surface area contributed by atoms with Gasteiger partial charge >= 0.3 is 7.15 Å². The summed E-state index contributed by atoms with van der Waals surface area (Å²) in [6, 6.07) is 24.7. The molecule has 0 aromatic heterocycles. The first-order valence-electron chi connectivity index (χ1n) is 7.91. The van der Waals surface area contributed by atoms with Crippen molar-refractivity contribution in [2.45, 2.75) is 13.8 Å². The van der Waals surface area contributed by atoms with Crippen molar-refractivity contribution in [3.63, 3.8) is 0 Å². The van der Waals surface area contributed by atoms with Crippen LogP contribution in [0.1, 0.15) is 11.1 Å². The minimum Gasteiger partial charge on any atom is -0.429 e. The Morgan fingerprint density at radius 2 is 1.04 bits per heavy atom. The molecule has 0 saturated carbocycles. The fraction of sp³-hybridized carbons (Fsp3) is 0.100. The van der Waals surface area contributed by atoms with Gasteiger partial charge in [-0.25, -0.2) is 0 Å². The van der Waals surface area contributed by atoms with Crippen molar-refractivity contribution in [3.8, 4) is 17.2 Å². The van der Waals surface area contributed by atoms with Gasteiger partial charge in [0, 0.05) is 0 Å². The first-order chi connectivity index (χ1) is 12.1. The smallest absolute Gasteiger partial charge is 0.424 e. The third-order valence-corrected chi connectivity index (χ3v) is 5.51. The van der Waals surface area contributed by atoms with Crippen LogP contribution in [-0.4, -0.2) is 0 Å². The fourth-order valence-electron chi connectivity index (χ4n) is 2.22. The lowest BCUT2D eigenvalue weighted by Gasteiger charge is -2.28. The molecular formula is C20H19O3PS. The minimum absolute atomic E-state index is 0.619. The molecule has 5 heteroatoms. The van der Waals surface area contributed by atoms with E-state index in [-0.39, 0.29) is 0 Å². The number of rotatable bonds is 6. The van der Waals surface area contributed by atoms with Crippen LogP contribution in [0.15, 0.2) is 78.9 Å². The first-order valence-corrected chi connectivity index (χ1v) is 10.5. The van der Waals surface area contributed by atoms with E-state index in [1.54, 1.807) is 0 Å². The Morgan fingerprint density at radius 1 is 0.600 bits per heavy atom. The molecule has 0 aliphatic carbocycles. The van der Waals surface area contributed by atoms with Crippen molar-refractivity contribution >= 4 is 19.4 Å². The summed E-state index contributed by atoms with van der Waals surface area (Å²) >= 11 is 5.71. The predicted molar refractivity (Wildman–Crippen MR) is 105 cm³/mol. The molecule has 0 amide bonds. The van der Waals surface area contributed by atoms with E-state index in [9.17, 15) is 0 Å². The predicted octanol–water partition coefficient (Wildman–Crippen LogP) is 6.06. The molecule has 0 unspecified atom stereocenters. The highest BCUT2D eigenvalue weighted by Crippen LogP contribution is 2.59. The molecule has 25 heavy (non-hydrogen) atoms. The maximum Gasteiger partial charge on any atom is 0.424 e. The van der Waals surface area contributed by atoms with E-state index in [1.165, 1.54) is 0 Å². The lowest BCUT2D eigenvalue weighted by Crippen LogP contribution is -2.13. The summed E-state index contributed by atoms with van der Waals surface area (Å²) in [5, 5.41) is 0. The third kappa shape index (κ3) is 4.68. The molecule has 0 aliphatic rings. The van der Waals surface area contributed by atoms with Gasteiger partial charge in [0.05, 0.1) is 0 Å². The number of aryl methyl sites for hydroxylation is 2. The van der Waals surface area contributed by atoms with Crippen LogP contribution < -0.4 is 13.6 Å². The lowest BCUT2D eigenvalue weighted by atomic mass is 10.2. The SMILES string of the molecule is Cc1ccccc1O[P+]([S-])(Oc1ccccc1)Oc1ccccc1C. The van der Waals surface area contributed by atoms with Crippen molar-refractivity contribution in [1.29, 1.82) is 0 Å². The number of para-hydroxylation sites is 3. The van der Waals surface area contributed by atoms with Gasteiger partial charge in [0.1, 0.15) is 0 Å². The van der Waals surface area contributed by atoms with Crippen molar-refractivity contribution in [1.82, 2.24) is 0 Å². The molecule has 3 rings (SSSR count). The Balaban J connectivity index is 1.92. The van der Waals surface area contributed by atoms with Gasteiger partial charge in [0.2, 0.25) is 0 Å². The molecule has 0 spiro atoms. The second kappa shape index (κ2) is 7.81. The summed E-state index contributed by atoms with van der Waals surface area (Å²) in [4.78, 5) is 0. The second-order valence-corrected chi connectivity index (χ2v) is 8.35. The Kier molecular flexibility index (Phi) is 5.52. The average molecular weight is 370 g/mol. The van der Waals surface area contributed by atoms with Crippen molar-refractivity contribution < 1.29 is 13.6 Å². The van der Waals surface area contributed by atoms with E-state index in [2.05, 4.69) is 0 Å². The standard InChI is InChI=1S/C20H19O3PS/c1-16-10-6-8-14-19(16)22-24(25,21-18-12-4-3-5-13-18)23-20-15-9-7-11-17(20)2/h3-15H,1-2H3. The van der Waals surface area contributed by atoms with Crippen LogP contribution >= 0.6 is 7.15 Å². The molecule has 0 saturated heterocycles. The van der Waals surface area contributed by atoms with E-state index in [4.69, 9.17) is 25.8 Å². The molecule has 0 radical (unpaired) electrons. The van der Waals surface area contributed by atoms with Gasteiger partial charge < -0.3 is 12.2 Å². The number of hydrogen-bond donors (Lipinski definition) is 0. The topological polar surface area (TPSA) is 27.7 Å². The van der Waals surface area contributed by atoms with Gasteiger partial charge in [-0.3, -0.25) is 13.6 Å². The lowest BCUT2D eigenvalue weighted by molar-refractivity contribution is 0.377. The zero-order valence-corrected chi connectivity index (χ0v) is 15.8. The van der Waals surface area contributed by atoms with E-state index in [1.807, 2.05) is 92.7 Å². The molecule has 0 aliphatic heterocycles. The summed E-state index contributed by atoms with van der Waals surface area (Å²) in [5.41, 5.74) is 1.95. The van der Waals surface area contributed by atoms with Crippen LogP contribution in [0.5, 0.6) is 17.2 Å². The zero-order chi connectivity index (χ0) is 17.7. The highest BCUT2D eigenvalue weighted by Gasteiger charge is 2.35. The molecule has 3 nitrogen and oxygen atoms in total.